The topological polar surface area (TPSA) is 63.4 Å². The van der Waals surface area contributed by atoms with Crippen LogP contribution >= 0.6 is 12.2 Å². The van der Waals surface area contributed by atoms with Crippen LogP contribution in [-0.4, -0.2) is 30.8 Å². The molecule has 0 amide bonds. The van der Waals surface area contributed by atoms with Gasteiger partial charge in [-0.25, -0.2) is 12.7 Å². The molecular formula is C14H22N2O2S2. The second-order valence-electron chi connectivity index (χ2n) is 4.80. The van der Waals surface area contributed by atoms with Crippen molar-refractivity contribution in [2.75, 3.05) is 7.05 Å². The minimum atomic E-state index is -3.30. The van der Waals surface area contributed by atoms with Crippen LogP contribution in [0.15, 0.2) is 24.3 Å². The first-order chi connectivity index (χ1) is 9.31. The van der Waals surface area contributed by atoms with Crippen molar-refractivity contribution < 1.29 is 8.42 Å². The van der Waals surface area contributed by atoms with Gasteiger partial charge in [-0.3, -0.25) is 0 Å². The van der Waals surface area contributed by atoms with Crippen molar-refractivity contribution in [1.82, 2.24) is 4.31 Å². The third-order valence-electron chi connectivity index (χ3n) is 3.48. The second kappa shape index (κ2) is 7.15. The molecular weight excluding hydrogens is 292 g/mol. The van der Waals surface area contributed by atoms with Crippen LogP contribution in [0.25, 0.3) is 0 Å². The smallest absolute Gasteiger partial charge is 0.218 e. The van der Waals surface area contributed by atoms with Crippen molar-refractivity contribution in [2.24, 2.45) is 5.73 Å². The lowest BCUT2D eigenvalue weighted by atomic mass is 10.1. The lowest BCUT2D eigenvalue weighted by molar-refractivity contribution is 0.349. The fourth-order valence-electron chi connectivity index (χ4n) is 2.11. The van der Waals surface area contributed by atoms with E-state index in [0.29, 0.717) is 4.99 Å². The summed E-state index contributed by atoms with van der Waals surface area (Å²) in [5, 5.41) is 0. The molecule has 20 heavy (non-hydrogen) atoms. The van der Waals surface area contributed by atoms with Gasteiger partial charge in [0.2, 0.25) is 10.0 Å². The van der Waals surface area contributed by atoms with Gasteiger partial charge in [0.15, 0.2) is 0 Å². The number of nitrogens with two attached hydrogens (primary N) is 1. The fourth-order valence-corrected chi connectivity index (χ4v) is 3.81. The Kier molecular flexibility index (Phi) is 6.10. The van der Waals surface area contributed by atoms with Gasteiger partial charge in [0.25, 0.3) is 0 Å². The number of thiocarbonyl (C=S) groups is 1. The molecule has 1 rings (SSSR count). The van der Waals surface area contributed by atoms with E-state index in [-0.39, 0.29) is 11.8 Å². The quantitative estimate of drug-likeness (QED) is 0.784. The van der Waals surface area contributed by atoms with Gasteiger partial charge in [-0.05, 0) is 18.4 Å². The first-order valence-corrected chi connectivity index (χ1v) is 8.68. The van der Waals surface area contributed by atoms with Crippen LogP contribution < -0.4 is 5.73 Å². The molecule has 0 aliphatic heterocycles. The van der Waals surface area contributed by atoms with Gasteiger partial charge < -0.3 is 5.73 Å². The number of benzene rings is 1. The second-order valence-corrected chi connectivity index (χ2v) is 7.27. The minimum Gasteiger partial charge on any atom is -0.389 e. The van der Waals surface area contributed by atoms with Gasteiger partial charge in [-0.2, -0.15) is 0 Å². The van der Waals surface area contributed by atoms with Crippen LogP contribution in [0.4, 0.5) is 0 Å². The monoisotopic (exact) mass is 314 g/mol. The average molecular weight is 314 g/mol. The predicted molar refractivity (Wildman–Crippen MR) is 87.1 cm³/mol. The molecule has 0 atom stereocenters. The van der Waals surface area contributed by atoms with Crippen LogP contribution in [-0.2, 0) is 15.8 Å². The van der Waals surface area contributed by atoms with Gasteiger partial charge in [0.1, 0.15) is 4.99 Å². The van der Waals surface area contributed by atoms with E-state index in [1.54, 1.807) is 31.3 Å². The third kappa shape index (κ3) is 4.26. The molecule has 1 aromatic rings. The normalized spacial score (nSPS) is 12.1. The summed E-state index contributed by atoms with van der Waals surface area (Å²) >= 11 is 4.87. The summed E-state index contributed by atoms with van der Waals surface area (Å²) in [5.41, 5.74) is 7.00. The predicted octanol–water partition coefficient (Wildman–Crippen LogP) is 2.27. The molecule has 0 heterocycles. The first kappa shape index (κ1) is 17.1. The number of hydrogen-bond acceptors (Lipinski definition) is 3. The highest BCUT2D eigenvalue weighted by Crippen LogP contribution is 2.16. The van der Waals surface area contributed by atoms with Crippen LogP contribution in [0, 0.1) is 0 Å². The van der Waals surface area contributed by atoms with E-state index in [2.05, 4.69) is 0 Å². The summed E-state index contributed by atoms with van der Waals surface area (Å²) < 4.78 is 26.2. The first-order valence-electron chi connectivity index (χ1n) is 6.66. The molecule has 0 aliphatic carbocycles. The Morgan fingerprint density at radius 1 is 1.25 bits per heavy atom. The highest BCUT2D eigenvalue weighted by atomic mass is 32.2. The van der Waals surface area contributed by atoms with E-state index < -0.39 is 10.0 Å². The van der Waals surface area contributed by atoms with E-state index in [9.17, 15) is 8.42 Å². The molecule has 0 aromatic heterocycles. The summed E-state index contributed by atoms with van der Waals surface area (Å²) in [6.45, 7) is 3.99. The Hall–Kier alpha value is -0.980. The highest BCUT2D eigenvalue weighted by molar-refractivity contribution is 7.88. The molecule has 0 unspecified atom stereocenters. The zero-order valence-corrected chi connectivity index (χ0v) is 13.8. The maximum atomic E-state index is 12.4. The van der Waals surface area contributed by atoms with Crippen molar-refractivity contribution in [1.29, 1.82) is 0 Å². The number of sulfonamides is 1. The summed E-state index contributed by atoms with van der Waals surface area (Å²) in [4.78, 5) is 0.313. The van der Waals surface area contributed by atoms with Crippen molar-refractivity contribution >= 4 is 27.2 Å². The van der Waals surface area contributed by atoms with Crippen LogP contribution in [0.5, 0.6) is 0 Å². The van der Waals surface area contributed by atoms with Crippen molar-refractivity contribution in [3.05, 3.63) is 35.4 Å². The van der Waals surface area contributed by atoms with Crippen molar-refractivity contribution in [3.8, 4) is 0 Å². The van der Waals surface area contributed by atoms with Crippen LogP contribution in [0.3, 0.4) is 0 Å². The van der Waals surface area contributed by atoms with Gasteiger partial charge >= 0.3 is 0 Å². The Morgan fingerprint density at radius 2 is 1.75 bits per heavy atom. The summed E-state index contributed by atoms with van der Waals surface area (Å²) in [5.74, 6) is -0.00237. The maximum absolute atomic E-state index is 12.4. The molecule has 0 saturated heterocycles. The molecule has 1 aromatic carbocycles. The fraction of sp³-hybridized carbons (Fsp3) is 0.500. The molecule has 0 aliphatic rings. The van der Waals surface area contributed by atoms with Gasteiger partial charge in [-0.15, -0.1) is 0 Å². The Balaban J connectivity index is 2.88. The molecule has 0 bridgehead atoms. The van der Waals surface area contributed by atoms with Gasteiger partial charge in [0, 0.05) is 18.7 Å². The van der Waals surface area contributed by atoms with Crippen LogP contribution in [0.2, 0.25) is 0 Å². The standard InChI is InChI=1S/C14H22N2O2S2/c1-4-13(5-2)16(3)20(17,18)10-11-6-8-12(9-7-11)14(15)19/h6-9,13H,4-5,10H2,1-3H3,(H2,15,19). The Labute approximate surface area is 127 Å². The third-order valence-corrected chi connectivity index (χ3v) is 5.59. The number of rotatable bonds is 7. The van der Waals surface area contributed by atoms with E-state index in [1.165, 1.54) is 4.31 Å². The van der Waals surface area contributed by atoms with Gasteiger partial charge in [-0.1, -0.05) is 50.3 Å². The SMILES string of the molecule is CCC(CC)N(C)S(=O)(=O)Cc1ccc(C(N)=S)cc1. The summed E-state index contributed by atoms with van der Waals surface area (Å²) in [7, 11) is -1.65. The largest absolute Gasteiger partial charge is 0.389 e. The zero-order valence-electron chi connectivity index (χ0n) is 12.2. The summed E-state index contributed by atoms with van der Waals surface area (Å²) in [6.07, 6.45) is 1.62. The van der Waals surface area contributed by atoms with E-state index in [0.717, 1.165) is 24.0 Å². The van der Waals surface area contributed by atoms with Crippen LogP contribution in [0.1, 0.15) is 37.8 Å². The van der Waals surface area contributed by atoms with E-state index in [1.807, 2.05) is 13.8 Å². The van der Waals surface area contributed by atoms with E-state index >= 15 is 0 Å². The zero-order chi connectivity index (χ0) is 15.3. The Morgan fingerprint density at radius 3 is 2.15 bits per heavy atom. The number of hydrogen-bond donors (Lipinski definition) is 1. The molecule has 112 valence electrons. The molecule has 0 radical (unpaired) electrons. The lowest BCUT2D eigenvalue weighted by Crippen LogP contribution is -2.37. The molecule has 2 N–H and O–H groups in total. The van der Waals surface area contributed by atoms with Gasteiger partial charge in [0.05, 0.1) is 5.75 Å². The Bertz CT molecular complexity index is 549. The highest BCUT2D eigenvalue weighted by Gasteiger charge is 2.24. The minimum absolute atomic E-state index is 0.00237. The molecule has 0 saturated carbocycles. The lowest BCUT2D eigenvalue weighted by Gasteiger charge is -2.25. The molecule has 4 nitrogen and oxygen atoms in total. The molecule has 0 fully saturated rings. The van der Waals surface area contributed by atoms with E-state index in [4.69, 9.17) is 18.0 Å². The summed E-state index contributed by atoms with van der Waals surface area (Å²) in [6, 6.07) is 7.07. The van der Waals surface area contributed by atoms with Crippen molar-refractivity contribution in [2.45, 2.75) is 38.5 Å². The molecule has 6 heteroatoms. The van der Waals surface area contributed by atoms with Crippen molar-refractivity contribution in [3.63, 3.8) is 0 Å². The molecule has 0 spiro atoms. The average Bonchev–Trinajstić information content (AvgIpc) is 2.40. The maximum Gasteiger partial charge on any atom is 0.218 e. The number of nitrogens with zero attached hydrogens (tertiary/aromatic N) is 1.